The Morgan fingerprint density at radius 2 is 2.11 bits per heavy atom. The largest absolute Gasteiger partial charge is 0.341 e. The summed E-state index contributed by atoms with van der Waals surface area (Å²) in [7, 11) is 3.59. The number of amides is 1. The van der Waals surface area contributed by atoms with Crippen LogP contribution >= 0.6 is 0 Å². The predicted molar refractivity (Wildman–Crippen MR) is 68.5 cm³/mol. The van der Waals surface area contributed by atoms with Gasteiger partial charge in [0.05, 0.1) is 5.41 Å². The van der Waals surface area contributed by atoms with Crippen molar-refractivity contribution in [2.45, 2.75) is 19.4 Å². The van der Waals surface area contributed by atoms with Crippen molar-refractivity contribution in [2.24, 2.45) is 5.41 Å². The Hall–Kier alpha value is -1.42. The lowest BCUT2D eigenvalue weighted by Gasteiger charge is -2.23. The number of nitrogens with one attached hydrogen (secondary N) is 1. The molecular weight excluding hydrogens is 231 g/mol. The minimum absolute atomic E-state index is 0.111. The summed E-state index contributed by atoms with van der Waals surface area (Å²) in [4.78, 5) is 13.9. The first kappa shape index (κ1) is 13.0. The van der Waals surface area contributed by atoms with Crippen LogP contribution in [0.15, 0.2) is 24.3 Å². The number of rotatable bonds is 5. The van der Waals surface area contributed by atoms with Crippen LogP contribution < -0.4 is 5.32 Å². The summed E-state index contributed by atoms with van der Waals surface area (Å²) in [5, 5.41) is 3.06. The van der Waals surface area contributed by atoms with Gasteiger partial charge in [-0.1, -0.05) is 18.2 Å². The molecule has 1 aliphatic carbocycles. The summed E-state index contributed by atoms with van der Waals surface area (Å²) in [6.45, 7) is 1.03. The van der Waals surface area contributed by atoms with Crippen molar-refractivity contribution >= 4 is 5.91 Å². The fourth-order valence-electron chi connectivity index (χ4n) is 2.31. The van der Waals surface area contributed by atoms with Gasteiger partial charge in [-0.05, 0) is 26.0 Å². The Labute approximate surface area is 107 Å². The van der Waals surface area contributed by atoms with Gasteiger partial charge < -0.3 is 10.2 Å². The number of halogens is 1. The minimum Gasteiger partial charge on any atom is -0.341 e. The molecule has 0 atom stereocenters. The molecule has 2 rings (SSSR count). The highest BCUT2D eigenvalue weighted by Gasteiger charge is 2.50. The molecule has 1 fully saturated rings. The molecular formula is C14H19FN2O. The smallest absolute Gasteiger partial charge is 0.230 e. The van der Waals surface area contributed by atoms with Gasteiger partial charge in [0.15, 0.2) is 0 Å². The Kier molecular flexibility index (Phi) is 3.66. The maximum atomic E-state index is 13.5. The van der Waals surface area contributed by atoms with E-state index in [1.165, 1.54) is 6.07 Å². The zero-order valence-corrected chi connectivity index (χ0v) is 10.9. The number of carbonyl (C=O) groups is 1. The van der Waals surface area contributed by atoms with E-state index in [1.807, 2.05) is 7.05 Å². The van der Waals surface area contributed by atoms with Crippen LogP contribution in [0.2, 0.25) is 0 Å². The summed E-state index contributed by atoms with van der Waals surface area (Å²) in [5.74, 6) is -0.143. The van der Waals surface area contributed by atoms with E-state index in [2.05, 4.69) is 5.32 Å². The van der Waals surface area contributed by atoms with E-state index in [4.69, 9.17) is 0 Å². The van der Waals surface area contributed by atoms with E-state index in [0.717, 1.165) is 12.8 Å². The quantitative estimate of drug-likeness (QED) is 0.864. The molecule has 0 aromatic heterocycles. The number of carbonyl (C=O) groups excluding carboxylic acids is 1. The van der Waals surface area contributed by atoms with Gasteiger partial charge in [-0.25, -0.2) is 4.39 Å². The van der Waals surface area contributed by atoms with Crippen molar-refractivity contribution in [3.63, 3.8) is 0 Å². The second-order valence-corrected chi connectivity index (χ2v) is 5.06. The second kappa shape index (κ2) is 5.06. The van der Waals surface area contributed by atoms with Gasteiger partial charge >= 0.3 is 0 Å². The molecule has 1 aliphatic rings. The third-order valence-corrected chi connectivity index (χ3v) is 3.53. The van der Waals surface area contributed by atoms with Crippen LogP contribution in [0, 0.1) is 11.2 Å². The number of hydrogen-bond acceptors (Lipinski definition) is 2. The van der Waals surface area contributed by atoms with Gasteiger partial charge in [-0.2, -0.15) is 0 Å². The Morgan fingerprint density at radius 1 is 1.44 bits per heavy atom. The normalized spacial score (nSPS) is 16.4. The molecule has 0 aliphatic heterocycles. The van der Waals surface area contributed by atoms with E-state index in [-0.39, 0.29) is 17.1 Å². The van der Waals surface area contributed by atoms with Gasteiger partial charge in [-0.3, -0.25) is 4.79 Å². The van der Waals surface area contributed by atoms with Gasteiger partial charge in [0.2, 0.25) is 5.91 Å². The molecule has 1 aromatic carbocycles. The molecule has 98 valence electrons. The van der Waals surface area contributed by atoms with Crippen molar-refractivity contribution in [1.29, 1.82) is 0 Å². The van der Waals surface area contributed by atoms with Gasteiger partial charge in [-0.15, -0.1) is 0 Å². The molecule has 1 N–H and O–H groups in total. The Bertz CT molecular complexity index is 443. The molecule has 3 nitrogen and oxygen atoms in total. The van der Waals surface area contributed by atoms with E-state index in [0.29, 0.717) is 18.7 Å². The minimum atomic E-state index is -0.254. The first-order valence-corrected chi connectivity index (χ1v) is 6.23. The highest BCUT2D eigenvalue weighted by molar-refractivity contribution is 5.85. The fraction of sp³-hybridized carbons (Fsp3) is 0.500. The summed E-state index contributed by atoms with van der Waals surface area (Å²) in [5.41, 5.74) is 0.322. The van der Waals surface area contributed by atoms with Crippen LogP contribution in [0.5, 0.6) is 0 Å². The lowest BCUT2D eigenvalue weighted by molar-refractivity contribution is -0.136. The third-order valence-electron chi connectivity index (χ3n) is 3.53. The molecule has 0 bridgehead atoms. The van der Waals surface area contributed by atoms with Crippen LogP contribution in [0.1, 0.15) is 18.4 Å². The van der Waals surface area contributed by atoms with Gasteiger partial charge in [0.25, 0.3) is 0 Å². The lowest BCUT2D eigenvalue weighted by Crippen LogP contribution is -2.38. The Balaban J connectivity index is 2.02. The monoisotopic (exact) mass is 250 g/mol. The summed E-state index contributed by atoms with van der Waals surface area (Å²) in [6.07, 6.45) is 1.85. The molecule has 0 saturated heterocycles. The topological polar surface area (TPSA) is 32.3 Å². The molecule has 1 amide bonds. The van der Waals surface area contributed by atoms with Gasteiger partial charge in [0, 0.05) is 25.7 Å². The standard InChI is InChI=1S/C14H19FN2O/c1-16-10-14(7-8-14)13(18)17(2)9-11-5-3-4-6-12(11)15/h3-6,16H,7-10H2,1-2H3. The zero-order valence-electron chi connectivity index (χ0n) is 10.9. The van der Waals surface area contributed by atoms with Crippen LogP contribution in [0.4, 0.5) is 4.39 Å². The summed E-state index contributed by atoms with van der Waals surface area (Å²) >= 11 is 0. The van der Waals surface area contributed by atoms with Crippen molar-refractivity contribution in [2.75, 3.05) is 20.6 Å². The van der Waals surface area contributed by atoms with Crippen molar-refractivity contribution in [3.8, 4) is 0 Å². The molecule has 4 heteroatoms. The maximum Gasteiger partial charge on any atom is 0.230 e. The van der Waals surface area contributed by atoms with Crippen LogP contribution in [0.3, 0.4) is 0 Å². The number of hydrogen-bond donors (Lipinski definition) is 1. The maximum absolute atomic E-state index is 13.5. The molecule has 0 radical (unpaired) electrons. The highest BCUT2D eigenvalue weighted by Crippen LogP contribution is 2.46. The van der Waals surface area contributed by atoms with E-state index in [1.54, 1.807) is 30.1 Å². The molecule has 1 saturated carbocycles. The molecule has 1 aromatic rings. The van der Waals surface area contributed by atoms with Gasteiger partial charge in [0.1, 0.15) is 5.82 Å². The van der Waals surface area contributed by atoms with Crippen molar-refractivity contribution in [1.82, 2.24) is 10.2 Å². The second-order valence-electron chi connectivity index (χ2n) is 5.06. The van der Waals surface area contributed by atoms with E-state index < -0.39 is 0 Å². The SMILES string of the molecule is CNCC1(C(=O)N(C)Cc2ccccc2F)CC1. The summed E-state index contributed by atoms with van der Waals surface area (Å²) < 4.78 is 13.5. The van der Waals surface area contributed by atoms with E-state index >= 15 is 0 Å². The first-order valence-electron chi connectivity index (χ1n) is 6.23. The zero-order chi connectivity index (χ0) is 13.2. The molecule has 0 spiro atoms. The molecule has 18 heavy (non-hydrogen) atoms. The highest BCUT2D eigenvalue weighted by atomic mass is 19.1. The molecule has 0 unspecified atom stereocenters. The lowest BCUT2D eigenvalue weighted by atomic mass is 10.1. The fourth-order valence-corrected chi connectivity index (χ4v) is 2.31. The average molecular weight is 250 g/mol. The third kappa shape index (κ3) is 2.53. The number of benzene rings is 1. The van der Waals surface area contributed by atoms with Crippen LogP contribution in [0.25, 0.3) is 0 Å². The molecule has 0 heterocycles. The Morgan fingerprint density at radius 3 is 2.67 bits per heavy atom. The van der Waals surface area contributed by atoms with Crippen LogP contribution in [-0.2, 0) is 11.3 Å². The summed E-state index contributed by atoms with van der Waals surface area (Å²) in [6, 6.07) is 6.59. The van der Waals surface area contributed by atoms with E-state index in [9.17, 15) is 9.18 Å². The number of nitrogens with zero attached hydrogens (tertiary/aromatic N) is 1. The predicted octanol–water partition coefficient (Wildman–Crippen LogP) is 1.78. The average Bonchev–Trinajstić information content (AvgIpc) is 3.12. The van der Waals surface area contributed by atoms with Crippen LogP contribution in [-0.4, -0.2) is 31.4 Å². The first-order chi connectivity index (χ1) is 8.59. The van der Waals surface area contributed by atoms with Crippen molar-refractivity contribution < 1.29 is 9.18 Å². The van der Waals surface area contributed by atoms with Crippen molar-refractivity contribution in [3.05, 3.63) is 35.6 Å².